The van der Waals surface area contributed by atoms with Crippen molar-refractivity contribution < 1.29 is 4.79 Å². The Balaban J connectivity index is 3.87. The minimum Gasteiger partial charge on any atom is -0.269 e. The second-order valence-corrected chi connectivity index (χ2v) is 3.18. The standard InChI is InChI=1S/C7H13NO2/c1-4-7(2,3)5-6(9)8-10/h4-5H2,1-3H3. The maximum Gasteiger partial charge on any atom is 0.286 e. The quantitative estimate of drug-likeness (QED) is 0.568. The van der Waals surface area contributed by atoms with Crippen LogP contribution in [0.1, 0.15) is 33.6 Å². The van der Waals surface area contributed by atoms with Gasteiger partial charge in [0.2, 0.25) is 0 Å². The summed E-state index contributed by atoms with van der Waals surface area (Å²) in [7, 11) is 0. The van der Waals surface area contributed by atoms with E-state index in [0.717, 1.165) is 6.42 Å². The van der Waals surface area contributed by atoms with Crippen LogP contribution in [0.3, 0.4) is 0 Å². The molecule has 0 radical (unpaired) electrons. The van der Waals surface area contributed by atoms with Crippen molar-refractivity contribution in [1.29, 1.82) is 0 Å². The molecule has 3 heteroatoms. The molecule has 58 valence electrons. The molecule has 0 unspecified atom stereocenters. The fourth-order valence-corrected chi connectivity index (χ4v) is 0.567. The fraction of sp³-hybridized carbons (Fsp3) is 0.857. The van der Waals surface area contributed by atoms with E-state index in [1.165, 1.54) is 0 Å². The van der Waals surface area contributed by atoms with Gasteiger partial charge < -0.3 is 0 Å². The normalized spacial score (nSPS) is 11.1. The minimum absolute atomic E-state index is 0.0784. The van der Waals surface area contributed by atoms with Gasteiger partial charge in [-0.3, -0.25) is 4.79 Å². The van der Waals surface area contributed by atoms with E-state index in [-0.39, 0.29) is 11.8 Å². The number of amides is 1. The molecule has 3 nitrogen and oxygen atoms in total. The number of nitroso groups, excluding NO2 is 1. The van der Waals surface area contributed by atoms with Crippen LogP contribution in [0.2, 0.25) is 0 Å². The zero-order valence-electron chi connectivity index (χ0n) is 6.68. The number of nitrogens with zero attached hydrogens (tertiary/aromatic N) is 1. The number of rotatable bonds is 3. The molecule has 0 saturated carbocycles. The van der Waals surface area contributed by atoms with Gasteiger partial charge in [-0.25, -0.2) is 0 Å². The van der Waals surface area contributed by atoms with E-state index in [1.54, 1.807) is 0 Å². The van der Waals surface area contributed by atoms with Gasteiger partial charge in [-0.15, -0.1) is 4.91 Å². The molecule has 0 atom stereocenters. The van der Waals surface area contributed by atoms with Gasteiger partial charge in [-0.1, -0.05) is 27.2 Å². The lowest BCUT2D eigenvalue weighted by Gasteiger charge is -2.18. The molecule has 0 bridgehead atoms. The van der Waals surface area contributed by atoms with Gasteiger partial charge in [0.25, 0.3) is 5.91 Å². The van der Waals surface area contributed by atoms with Gasteiger partial charge in [0.1, 0.15) is 0 Å². The summed E-state index contributed by atoms with van der Waals surface area (Å²) in [6.45, 7) is 5.87. The van der Waals surface area contributed by atoms with E-state index in [0.29, 0.717) is 0 Å². The molecule has 0 aliphatic carbocycles. The Morgan fingerprint density at radius 2 is 2.00 bits per heavy atom. The molecule has 0 aromatic heterocycles. The zero-order valence-corrected chi connectivity index (χ0v) is 6.68. The lowest BCUT2D eigenvalue weighted by molar-refractivity contribution is -0.119. The van der Waals surface area contributed by atoms with Gasteiger partial charge in [0, 0.05) is 11.6 Å². The molecule has 0 heterocycles. The molecule has 0 fully saturated rings. The van der Waals surface area contributed by atoms with Gasteiger partial charge >= 0.3 is 0 Å². The van der Waals surface area contributed by atoms with Crippen LogP contribution in [0, 0.1) is 10.3 Å². The van der Waals surface area contributed by atoms with Crippen LogP contribution in [0.5, 0.6) is 0 Å². The van der Waals surface area contributed by atoms with Crippen LogP contribution in [0.15, 0.2) is 5.18 Å². The largest absolute Gasteiger partial charge is 0.286 e. The number of hydrogen-bond acceptors (Lipinski definition) is 2. The summed E-state index contributed by atoms with van der Waals surface area (Å²) in [5, 5.41) is 2.33. The summed E-state index contributed by atoms with van der Waals surface area (Å²) in [5.74, 6) is -0.549. The Bertz CT molecular complexity index is 141. The van der Waals surface area contributed by atoms with Gasteiger partial charge in [0.05, 0.1) is 0 Å². The first-order valence-corrected chi connectivity index (χ1v) is 3.38. The molecule has 0 aromatic rings. The van der Waals surface area contributed by atoms with Crippen molar-refractivity contribution in [2.24, 2.45) is 10.6 Å². The summed E-state index contributed by atoms with van der Waals surface area (Å²) < 4.78 is 0. The van der Waals surface area contributed by atoms with Crippen molar-refractivity contribution in [2.75, 3.05) is 0 Å². The predicted octanol–water partition coefficient (Wildman–Crippen LogP) is 2.11. The van der Waals surface area contributed by atoms with E-state index in [1.807, 2.05) is 20.8 Å². The number of hydrogen-bond donors (Lipinski definition) is 0. The minimum atomic E-state index is -0.549. The lowest BCUT2D eigenvalue weighted by atomic mass is 9.86. The highest BCUT2D eigenvalue weighted by molar-refractivity contribution is 5.77. The first-order chi connectivity index (χ1) is 4.52. The second kappa shape index (κ2) is 3.44. The average Bonchev–Trinajstić information content (AvgIpc) is 1.87. The molecule has 1 amide bonds. The lowest BCUT2D eigenvalue weighted by Crippen LogP contribution is -2.14. The average molecular weight is 143 g/mol. The SMILES string of the molecule is CCC(C)(C)CC(=O)N=O. The Kier molecular flexibility index (Phi) is 3.19. The van der Waals surface area contributed by atoms with Crippen molar-refractivity contribution in [3.05, 3.63) is 4.91 Å². The summed E-state index contributed by atoms with van der Waals surface area (Å²) in [5.41, 5.74) is -0.0784. The first-order valence-electron chi connectivity index (χ1n) is 3.38. The van der Waals surface area contributed by atoms with Crippen LogP contribution < -0.4 is 0 Å². The highest BCUT2D eigenvalue weighted by Crippen LogP contribution is 2.24. The van der Waals surface area contributed by atoms with E-state index in [2.05, 4.69) is 5.18 Å². The van der Waals surface area contributed by atoms with Crippen LogP contribution >= 0.6 is 0 Å². The number of carbonyl (C=O) groups is 1. The summed E-state index contributed by atoms with van der Waals surface area (Å²) in [6, 6.07) is 0. The van der Waals surface area contributed by atoms with Crippen molar-refractivity contribution in [2.45, 2.75) is 33.6 Å². The first kappa shape index (κ1) is 9.27. The van der Waals surface area contributed by atoms with Crippen LogP contribution in [-0.4, -0.2) is 5.91 Å². The van der Waals surface area contributed by atoms with Crippen molar-refractivity contribution in [3.63, 3.8) is 0 Å². The maximum atomic E-state index is 10.5. The van der Waals surface area contributed by atoms with E-state index >= 15 is 0 Å². The molecule has 0 spiro atoms. The van der Waals surface area contributed by atoms with Gasteiger partial charge in [-0.05, 0) is 5.41 Å². The highest BCUT2D eigenvalue weighted by Gasteiger charge is 2.19. The van der Waals surface area contributed by atoms with Crippen LogP contribution in [-0.2, 0) is 4.79 Å². The molecule has 0 saturated heterocycles. The predicted molar refractivity (Wildman–Crippen MR) is 39.5 cm³/mol. The highest BCUT2D eigenvalue weighted by atomic mass is 16.3. The molecule has 0 aromatic carbocycles. The molecular weight excluding hydrogens is 130 g/mol. The van der Waals surface area contributed by atoms with Crippen molar-refractivity contribution in [3.8, 4) is 0 Å². The summed E-state index contributed by atoms with van der Waals surface area (Å²) >= 11 is 0. The molecule has 10 heavy (non-hydrogen) atoms. The van der Waals surface area contributed by atoms with Crippen molar-refractivity contribution in [1.82, 2.24) is 0 Å². The molecule has 0 aliphatic rings. The monoisotopic (exact) mass is 143 g/mol. The smallest absolute Gasteiger partial charge is 0.269 e. The zero-order chi connectivity index (χ0) is 8.20. The van der Waals surface area contributed by atoms with Crippen LogP contribution in [0.4, 0.5) is 0 Å². The maximum absolute atomic E-state index is 10.5. The summed E-state index contributed by atoms with van der Waals surface area (Å²) in [4.78, 5) is 20.2. The Morgan fingerprint density at radius 3 is 2.30 bits per heavy atom. The number of carbonyl (C=O) groups excluding carboxylic acids is 1. The third-order valence-electron chi connectivity index (χ3n) is 1.69. The molecule has 0 rings (SSSR count). The molecular formula is C7H13NO2. The van der Waals surface area contributed by atoms with Crippen LogP contribution in [0.25, 0.3) is 0 Å². The summed E-state index contributed by atoms with van der Waals surface area (Å²) in [6.07, 6.45) is 1.14. The van der Waals surface area contributed by atoms with Crippen molar-refractivity contribution >= 4 is 5.91 Å². The fourth-order valence-electron chi connectivity index (χ4n) is 0.567. The van der Waals surface area contributed by atoms with Gasteiger partial charge in [0.15, 0.2) is 0 Å². The Labute approximate surface area is 60.8 Å². The second-order valence-electron chi connectivity index (χ2n) is 3.18. The Morgan fingerprint density at radius 1 is 1.50 bits per heavy atom. The van der Waals surface area contributed by atoms with Gasteiger partial charge in [-0.2, -0.15) is 0 Å². The Hall–Kier alpha value is -0.730. The van der Waals surface area contributed by atoms with E-state index in [9.17, 15) is 9.70 Å². The van der Waals surface area contributed by atoms with E-state index in [4.69, 9.17) is 0 Å². The third-order valence-corrected chi connectivity index (χ3v) is 1.69. The van der Waals surface area contributed by atoms with E-state index < -0.39 is 5.91 Å². The molecule has 0 aliphatic heterocycles. The third kappa shape index (κ3) is 3.33. The topological polar surface area (TPSA) is 46.5 Å². The molecule has 0 N–H and O–H groups in total.